The van der Waals surface area contributed by atoms with Crippen molar-refractivity contribution in [3.05, 3.63) is 83.7 Å². The van der Waals surface area contributed by atoms with Gasteiger partial charge in [0.1, 0.15) is 5.75 Å². The molecule has 0 atom stereocenters. The van der Waals surface area contributed by atoms with Crippen molar-refractivity contribution in [3.63, 3.8) is 0 Å². The zero-order valence-corrected chi connectivity index (χ0v) is 22.6. The summed E-state index contributed by atoms with van der Waals surface area (Å²) in [5.74, 6) is 0.548. The molecule has 41 heavy (non-hydrogen) atoms. The van der Waals surface area contributed by atoms with Gasteiger partial charge in [-0.2, -0.15) is 13.2 Å². The molecule has 212 valence electrons. The van der Waals surface area contributed by atoms with Crippen molar-refractivity contribution in [2.75, 3.05) is 35.7 Å². The normalized spacial score (nSPS) is 13.5. The number of hydrogen-bond donors (Lipinski definition) is 2. The van der Waals surface area contributed by atoms with Crippen LogP contribution in [0.5, 0.6) is 11.6 Å². The molecule has 1 fully saturated rings. The lowest BCUT2D eigenvalue weighted by Crippen LogP contribution is -2.30. The van der Waals surface area contributed by atoms with E-state index in [4.69, 9.17) is 4.74 Å². The first-order valence-electron chi connectivity index (χ1n) is 13.3. The van der Waals surface area contributed by atoms with Gasteiger partial charge in [-0.15, -0.1) is 0 Å². The number of carbonyl (C=O) groups is 1. The molecule has 0 aliphatic carbocycles. The number of ether oxygens (including phenoxy) is 1. The molecule has 1 aliphatic rings. The van der Waals surface area contributed by atoms with E-state index >= 15 is 0 Å². The number of nitrogens with one attached hydrogen (secondary N) is 2. The molecular formula is C30H29F3N6O2. The lowest BCUT2D eigenvalue weighted by molar-refractivity contribution is -0.137. The second-order valence-electron chi connectivity index (χ2n) is 9.63. The summed E-state index contributed by atoms with van der Waals surface area (Å²) in [6, 6.07) is 13.8. The van der Waals surface area contributed by atoms with E-state index < -0.39 is 17.6 Å². The van der Waals surface area contributed by atoms with Crippen LogP contribution < -0.4 is 20.3 Å². The number of amides is 1. The van der Waals surface area contributed by atoms with Gasteiger partial charge in [-0.1, -0.05) is 6.07 Å². The predicted molar refractivity (Wildman–Crippen MR) is 152 cm³/mol. The Kier molecular flexibility index (Phi) is 8.04. The van der Waals surface area contributed by atoms with Crippen LogP contribution in [-0.2, 0) is 6.18 Å². The van der Waals surface area contributed by atoms with Gasteiger partial charge in [0, 0.05) is 43.7 Å². The molecule has 2 aromatic carbocycles. The van der Waals surface area contributed by atoms with Crippen LogP contribution in [0.25, 0.3) is 11.3 Å². The fraction of sp³-hybridized carbons (Fsp3) is 0.267. The third-order valence-electron chi connectivity index (χ3n) is 6.93. The minimum absolute atomic E-state index is 0.119. The number of alkyl halides is 3. The highest BCUT2D eigenvalue weighted by atomic mass is 19.4. The van der Waals surface area contributed by atoms with E-state index in [0.717, 1.165) is 31.4 Å². The van der Waals surface area contributed by atoms with Crippen LogP contribution in [-0.4, -0.2) is 41.0 Å². The monoisotopic (exact) mass is 562 g/mol. The van der Waals surface area contributed by atoms with E-state index in [1.165, 1.54) is 6.07 Å². The van der Waals surface area contributed by atoms with E-state index in [2.05, 4.69) is 25.6 Å². The van der Waals surface area contributed by atoms with Gasteiger partial charge in [-0.05, 0) is 74.7 Å². The van der Waals surface area contributed by atoms with Gasteiger partial charge in [0.15, 0.2) is 0 Å². The van der Waals surface area contributed by atoms with Gasteiger partial charge < -0.3 is 20.3 Å². The fourth-order valence-corrected chi connectivity index (χ4v) is 4.78. The largest absolute Gasteiger partial charge is 0.438 e. The Bertz CT molecular complexity index is 1550. The summed E-state index contributed by atoms with van der Waals surface area (Å²) in [5, 5.41) is 5.64. The highest BCUT2D eigenvalue weighted by molar-refractivity contribution is 6.07. The molecular weight excluding hydrogens is 533 g/mol. The van der Waals surface area contributed by atoms with E-state index in [1.807, 2.05) is 11.0 Å². The predicted octanol–water partition coefficient (Wildman–Crippen LogP) is 6.94. The number of rotatable bonds is 7. The third kappa shape index (κ3) is 6.24. The maximum absolute atomic E-state index is 13.6. The first-order valence-corrected chi connectivity index (χ1v) is 13.3. The Labute approximate surface area is 235 Å². The minimum atomic E-state index is -4.54. The van der Waals surface area contributed by atoms with E-state index in [1.54, 1.807) is 56.7 Å². The van der Waals surface area contributed by atoms with E-state index in [0.29, 0.717) is 47.3 Å². The molecule has 0 saturated carbocycles. The number of pyridine rings is 1. The van der Waals surface area contributed by atoms with Crippen molar-refractivity contribution in [2.24, 2.45) is 0 Å². The van der Waals surface area contributed by atoms with Crippen LogP contribution in [0.3, 0.4) is 0 Å². The standard InChI is InChI=1S/C30H29F3N6O2/c1-19-21(27(40)37-24-18-20(30(31,32)33)11-12-25(24)39-16-4-3-5-17-39)8-6-10-26(19)41-28-22(9-7-14-35-28)23-13-15-36-29(34-2)38-23/h6-15,18H,3-5,16-17H2,1-2H3,(H,37,40)(H,34,36,38). The summed E-state index contributed by atoms with van der Waals surface area (Å²) in [6.07, 6.45) is 1.60. The smallest absolute Gasteiger partial charge is 0.416 e. The van der Waals surface area contributed by atoms with Crippen LogP contribution >= 0.6 is 0 Å². The van der Waals surface area contributed by atoms with Gasteiger partial charge >= 0.3 is 6.18 Å². The second kappa shape index (κ2) is 11.8. The molecule has 3 heterocycles. The molecule has 5 rings (SSSR count). The molecule has 2 N–H and O–H groups in total. The topological polar surface area (TPSA) is 92.3 Å². The van der Waals surface area contributed by atoms with Gasteiger partial charge in [0.2, 0.25) is 11.8 Å². The quantitative estimate of drug-likeness (QED) is 0.252. The fourth-order valence-electron chi connectivity index (χ4n) is 4.78. The Morgan fingerprint density at radius 1 is 0.976 bits per heavy atom. The summed E-state index contributed by atoms with van der Waals surface area (Å²) in [6.45, 7) is 3.14. The number of piperidine rings is 1. The number of anilines is 3. The highest BCUT2D eigenvalue weighted by Gasteiger charge is 2.32. The van der Waals surface area contributed by atoms with Crippen LogP contribution in [0.2, 0.25) is 0 Å². The lowest BCUT2D eigenvalue weighted by atomic mass is 10.1. The molecule has 4 aromatic rings. The zero-order valence-electron chi connectivity index (χ0n) is 22.6. The number of aromatic nitrogens is 3. The van der Waals surface area contributed by atoms with Crippen LogP contribution in [0, 0.1) is 6.92 Å². The molecule has 8 nitrogen and oxygen atoms in total. The average molecular weight is 563 g/mol. The number of benzene rings is 2. The van der Waals surface area contributed by atoms with E-state index in [-0.39, 0.29) is 17.1 Å². The second-order valence-corrected chi connectivity index (χ2v) is 9.63. The first-order chi connectivity index (χ1) is 19.7. The van der Waals surface area contributed by atoms with Gasteiger partial charge in [-0.25, -0.2) is 15.0 Å². The number of carbonyl (C=O) groups excluding carboxylic acids is 1. The molecule has 0 radical (unpaired) electrons. The first kappa shape index (κ1) is 27.9. The summed E-state index contributed by atoms with van der Waals surface area (Å²) in [4.78, 5) is 28.5. The van der Waals surface area contributed by atoms with Crippen LogP contribution in [0.4, 0.5) is 30.5 Å². The number of halogens is 3. The molecule has 0 unspecified atom stereocenters. The molecule has 11 heteroatoms. The highest BCUT2D eigenvalue weighted by Crippen LogP contribution is 2.37. The Balaban J connectivity index is 1.45. The molecule has 0 bridgehead atoms. The summed E-state index contributed by atoms with van der Waals surface area (Å²) in [7, 11) is 1.72. The van der Waals surface area contributed by atoms with Crippen molar-refractivity contribution in [1.82, 2.24) is 15.0 Å². The molecule has 1 aliphatic heterocycles. The molecule has 1 saturated heterocycles. The van der Waals surface area contributed by atoms with E-state index in [9.17, 15) is 18.0 Å². The zero-order chi connectivity index (χ0) is 29.0. The summed E-state index contributed by atoms with van der Waals surface area (Å²) >= 11 is 0. The number of nitrogens with zero attached hydrogens (tertiary/aromatic N) is 4. The summed E-state index contributed by atoms with van der Waals surface area (Å²) < 4.78 is 46.9. The lowest BCUT2D eigenvalue weighted by Gasteiger charge is -2.31. The third-order valence-corrected chi connectivity index (χ3v) is 6.93. The maximum atomic E-state index is 13.6. The Morgan fingerprint density at radius 3 is 2.54 bits per heavy atom. The maximum Gasteiger partial charge on any atom is 0.416 e. The van der Waals surface area contributed by atoms with Crippen molar-refractivity contribution in [1.29, 1.82) is 0 Å². The average Bonchev–Trinajstić information content (AvgIpc) is 2.98. The van der Waals surface area contributed by atoms with Crippen LogP contribution in [0.15, 0.2) is 67.0 Å². The summed E-state index contributed by atoms with van der Waals surface area (Å²) in [5.41, 5.74) is 1.85. The van der Waals surface area contributed by atoms with Gasteiger partial charge in [-0.3, -0.25) is 4.79 Å². The van der Waals surface area contributed by atoms with Gasteiger partial charge in [0.25, 0.3) is 5.91 Å². The SMILES string of the molecule is CNc1nccc(-c2cccnc2Oc2cccc(C(=O)Nc3cc(C(F)(F)F)ccc3N3CCCCC3)c2C)n1. The van der Waals surface area contributed by atoms with Gasteiger partial charge in [0.05, 0.1) is 28.2 Å². The number of hydrogen-bond acceptors (Lipinski definition) is 7. The molecule has 1 amide bonds. The van der Waals surface area contributed by atoms with Crippen molar-refractivity contribution < 1.29 is 22.7 Å². The van der Waals surface area contributed by atoms with Crippen molar-refractivity contribution in [2.45, 2.75) is 32.4 Å². The molecule has 2 aromatic heterocycles. The molecule has 0 spiro atoms. The Morgan fingerprint density at radius 2 is 1.78 bits per heavy atom. The van der Waals surface area contributed by atoms with Crippen LogP contribution in [0.1, 0.15) is 40.7 Å². The van der Waals surface area contributed by atoms with Crippen molar-refractivity contribution >= 4 is 23.2 Å². The Hall–Kier alpha value is -4.67. The van der Waals surface area contributed by atoms with Crippen molar-refractivity contribution in [3.8, 4) is 22.9 Å². The minimum Gasteiger partial charge on any atom is -0.438 e.